The van der Waals surface area contributed by atoms with Crippen LogP contribution in [-0.4, -0.2) is 33.0 Å². The Kier molecular flexibility index (Phi) is 8.16. The van der Waals surface area contributed by atoms with E-state index in [9.17, 15) is 0 Å². The van der Waals surface area contributed by atoms with Crippen molar-refractivity contribution >= 4 is 0 Å². The maximum Gasteiger partial charge on any atom is 0.122 e. The highest BCUT2D eigenvalue weighted by atomic mass is 16.5. The molecule has 120 valence electrons. The monoisotopic (exact) mass is 295 g/mol. The molecule has 4 nitrogen and oxygen atoms in total. The molecule has 21 heavy (non-hydrogen) atoms. The second kappa shape index (κ2) is 9.64. The van der Waals surface area contributed by atoms with E-state index in [-0.39, 0.29) is 6.04 Å². The summed E-state index contributed by atoms with van der Waals surface area (Å²) in [5, 5.41) is 0. The van der Waals surface area contributed by atoms with E-state index < -0.39 is 0 Å². The molecule has 0 aliphatic carbocycles. The summed E-state index contributed by atoms with van der Waals surface area (Å²) in [6.07, 6.45) is 1.73. The van der Waals surface area contributed by atoms with Gasteiger partial charge in [0.1, 0.15) is 18.1 Å². The Labute approximate surface area is 128 Å². The molecule has 0 bridgehead atoms. The summed E-state index contributed by atoms with van der Waals surface area (Å²) < 4.78 is 16.6. The lowest BCUT2D eigenvalue weighted by Crippen LogP contribution is -2.22. The molecule has 1 aromatic carbocycles. The Morgan fingerprint density at radius 1 is 1.19 bits per heavy atom. The fourth-order valence-electron chi connectivity index (χ4n) is 1.94. The highest BCUT2D eigenvalue weighted by molar-refractivity contribution is 5.40. The molecule has 1 atom stereocenters. The van der Waals surface area contributed by atoms with Crippen molar-refractivity contribution in [2.45, 2.75) is 39.7 Å². The number of nitrogens with two attached hydrogens (primary N) is 1. The van der Waals surface area contributed by atoms with Gasteiger partial charge in [-0.15, -0.1) is 0 Å². The number of ether oxygens (including phenoxy) is 3. The van der Waals surface area contributed by atoms with Gasteiger partial charge < -0.3 is 19.9 Å². The van der Waals surface area contributed by atoms with Crippen molar-refractivity contribution in [3.8, 4) is 11.5 Å². The van der Waals surface area contributed by atoms with Gasteiger partial charge in [0, 0.05) is 12.6 Å². The predicted molar refractivity (Wildman–Crippen MR) is 86.1 cm³/mol. The van der Waals surface area contributed by atoms with Crippen LogP contribution in [0.15, 0.2) is 18.2 Å². The topological polar surface area (TPSA) is 53.7 Å². The maximum absolute atomic E-state index is 6.05. The van der Waals surface area contributed by atoms with Crippen molar-refractivity contribution in [3.63, 3.8) is 0 Å². The molecule has 2 N–H and O–H groups in total. The van der Waals surface area contributed by atoms with E-state index in [1.165, 1.54) is 0 Å². The van der Waals surface area contributed by atoms with Gasteiger partial charge in [0.25, 0.3) is 0 Å². The molecule has 0 spiro atoms. The van der Waals surface area contributed by atoms with E-state index in [2.05, 4.69) is 20.8 Å². The minimum atomic E-state index is 0.136. The van der Waals surface area contributed by atoms with Crippen LogP contribution in [0.5, 0.6) is 11.5 Å². The van der Waals surface area contributed by atoms with Gasteiger partial charge in [-0.2, -0.15) is 0 Å². The summed E-state index contributed by atoms with van der Waals surface area (Å²) in [5.41, 5.74) is 7.14. The first-order valence-electron chi connectivity index (χ1n) is 7.69. The first kappa shape index (κ1) is 17.8. The number of hydrogen-bond acceptors (Lipinski definition) is 4. The average molecular weight is 295 g/mol. The van der Waals surface area contributed by atoms with E-state index in [0.717, 1.165) is 36.5 Å². The SMILES string of the molecule is CCC(N)Cc1cc(OC)ccc1OCCOCC(C)C. The summed E-state index contributed by atoms with van der Waals surface area (Å²) in [6, 6.07) is 5.99. The number of rotatable bonds is 10. The second-order valence-corrected chi connectivity index (χ2v) is 5.66. The summed E-state index contributed by atoms with van der Waals surface area (Å²) in [6.45, 7) is 8.27. The van der Waals surface area contributed by atoms with Crippen LogP contribution in [0.1, 0.15) is 32.8 Å². The largest absolute Gasteiger partial charge is 0.497 e. The summed E-state index contributed by atoms with van der Waals surface area (Å²) in [4.78, 5) is 0. The van der Waals surface area contributed by atoms with E-state index in [1.807, 2.05) is 18.2 Å². The summed E-state index contributed by atoms with van der Waals surface area (Å²) >= 11 is 0. The third kappa shape index (κ3) is 6.82. The highest BCUT2D eigenvalue weighted by Gasteiger charge is 2.10. The fraction of sp³-hybridized carbons (Fsp3) is 0.647. The molecule has 1 unspecified atom stereocenters. The molecule has 0 aliphatic rings. The average Bonchev–Trinajstić information content (AvgIpc) is 2.47. The summed E-state index contributed by atoms with van der Waals surface area (Å²) in [5.74, 6) is 2.24. The molecule has 0 fully saturated rings. The van der Waals surface area contributed by atoms with E-state index in [0.29, 0.717) is 19.1 Å². The fourth-order valence-corrected chi connectivity index (χ4v) is 1.94. The van der Waals surface area contributed by atoms with Gasteiger partial charge in [-0.3, -0.25) is 0 Å². The van der Waals surface area contributed by atoms with Crippen LogP contribution < -0.4 is 15.2 Å². The van der Waals surface area contributed by atoms with Crippen LogP contribution in [0.3, 0.4) is 0 Å². The van der Waals surface area contributed by atoms with E-state index >= 15 is 0 Å². The molecule has 0 amide bonds. The molecule has 0 saturated heterocycles. The predicted octanol–water partition coefficient (Wildman–Crippen LogP) is 3.03. The maximum atomic E-state index is 6.05. The Morgan fingerprint density at radius 3 is 2.57 bits per heavy atom. The minimum absolute atomic E-state index is 0.136. The van der Waals surface area contributed by atoms with Gasteiger partial charge in [0.05, 0.1) is 13.7 Å². The smallest absolute Gasteiger partial charge is 0.122 e. The van der Waals surface area contributed by atoms with Crippen molar-refractivity contribution in [2.24, 2.45) is 11.7 Å². The third-order valence-electron chi connectivity index (χ3n) is 3.21. The van der Waals surface area contributed by atoms with Crippen molar-refractivity contribution in [3.05, 3.63) is 23.8 Å². The van der Waals surface area contributed by atoms with E-state index in [1.54, 1.807) is 7.11 Å². The zero-order valence-corrected chi connectivity index (χ0v) is 13.7. The molecular formula is C17H29NO3. The van der Waals surface area contributed by atoms with Gasteiger partial charge in [-0.1, -0.05) is 20.8 Å². The molecule has 0 heterocycles. The van der Waals surface area contributed by atoms with Gasteiger partial charge in [-0.05, 0) is 42.5 Å². The lowest BCUT2D eigenvalue weighted by Gasteiger charge is -2.16. The van der Waals surface area contributed by atoms with Gasteiger partial charge >= 0.3 is 0 Å². The molecule has 0 radical (unpaired) electrons. The Hall–Kier alpha value is -1.26. The van der Waals surface area contributed by atoms with Crippen molar-refractivity contribution in [1.82, 2.24) is 0 Å². The lowest BCUT2D eigenvalue weighted by atomic mass is 10.0. The van der Waals surface area contributed by atoms with Crippen LogP contribution in [0.4, 0.5) is 0 Å². The number of methoxy groups -OCH3 is 1. The third-order valence-corrected chi connectivity index (χ3v) is 3.21. The number of hydrogen-bond donors (Lipinski definition) is 1. The van der Waals surface area contributed by atoms with Gasteiger partial charge in [-0.25, -0.2) is 0 Å². The lowest BCUT2D eigenvalue weighted by molar-refractivity contribution is 0.0816. The highest BCUT2D eigenvalue weighted by Crippen LogP contribution is 2.25. The Balaban J connectivity index is 2.58. The molecule has 0 saturated carbocycles. The van der Waals surface area contributed by atoms with Crippen molar-refractivity contribution in [1.29, 1.82) is 0 Å². The van der Waals surface area contributed by atoms with Crippen LogP contribution >= 0.6 is 0 Å². The normalized spacial score (nSPS) is 12.5. The molecule has 1 rings (SSSR count). The second-order valence-electron chi connectivity index (χ2n) is 5.66. The van der Waals surface area contributed by atoms with Crippen LogP contribution in [0.2, 0.25) is 0 Å². The molecule has 0 aliphatic heterocycles. The zero-order chi connectivity index (χ0) is 15.7. The van der Waals surface area contributed by atoms with Crippen LogP contribution in [0, 0.1) is 5.92 Å². The van der Waals surface area contributed by atoms with Crippen molar-refractivity contribution < 1.29 is 14.2 Å². The first-order chi connectivity index (χ1) is 10.1. The van der Waals surface area contributed by atoms with Crippen molar-refractivity contribution in [2.75, 3.05) is 26.9 Å². The molecule has 0 aromatic heterocycles. The van der Waals surface area contributed by atoms with Gasteiger partial charge in [0.15, 0.2) is 0 Å². The molecule has 4 heteroatoms. The van der Waals surface area contributed by atoms with Gasteiger partial charge in [0.2, 0.25) is 0 Å². The molecular weight excluding hydrogens is 266 g/mol. The Morgan fingerprint density at radius 2 is 1.95 bits per heavy atom. The van der Waals surface area contributed by atoms with Crippen LogP contribution in [0.25, 0.3) is 0 Å². The summed E-state index contributed by atoms with van der Waals surface area (Å²) in [7, 11) is 1.67. The molecule has 1 aromatic rings. The standard InChI is InChI=1S/C17H29NO3/c1-5-15(18)10-14-11-16(19-4)6-7-17(14)21-9-8-20-12-13(2)3/h6-7,11,13,15H,5,8-10,12,18H2,1-4H3. The first-order valence-corrected chi connectivity index (χ1v) is 7.69. The number of benzene rings is 1. The minimum Gasteiger partial charge on any atom is -0.497 e. The zero-order valence-electron chi connectivity index (χ0n) is 13.7. The quantitative estimate of drug-likeness (QED) is 0.674. The van der Waals surface area contributed by atoms with E-state index in [4.69, 9.17) is 19.9 Å². The Bertz CT molecular complexity index is 407. The van der Waals surface area contributed by atoms with Crippen LogP contribution in [-0.2, 0) is 11.2 Å².